The van der Waals surface area contributed by atoms with Crippen LogP contribution in [0.1, 0.15) is 27.2 Å². The van der Waals surface area contributed by atoms with Crippen LogP contribution in [0.3, 0.4) is 0 Å². The van der Waals surface area contributed by atoms with Crippen molar-refractivity contribution in [2.45, 2.75) is 31.1 Å². The number of aromatic nitrogens is 1. The summed E-state index contributed by atoms with van der Waals surface area (Å²) in [4.78, 5) is 14.8. The van der Waals surface area contributed by atoms with Gasteiger partial charge in [0, 0.05) is 31.9 Å². The van der Waals surface area contributed by atoms with E-state index in [0.717, 1.165) is 10.9 Å². The van der Waals surface area contributed by atoms with Crippen molar-refractivity contribution in [3.05, 3.63) is 66.9 Å². The molecule has 6 nitrogen and oxygen atoms in total. The van der Waals surface area contributed by atoms with E-state index in [0.29, 0.717) is 31.6 Å². The number of anilines is 1. The van der Waals surface area contributed by atoms with Crippen LogP contribution >= 0.6 is 0 Å². The van der Waals surface area contributed by atoms with E-state index in [1.54, 1.807) is 29.2 Å². The first kappa shape index (κ1) is 19.5. The molecular formula is C22H27N3O3S. The van der Waals surface area contributed by atoms with Crippen LogP contribution in [0.4, 0.5) is 5.69 Å². The number of hydrogen-bond donors (Lipinski definition) is 1. The van der Waals surface area contributed by atoms with Crippen molar-refractivity contribution in [1.29, 1.82) is 0 Å². The summed E-state index contributed by atoms with van der Waals surface area (Å²) in [7, 11) is -3.47. The zero-order valence-electron chi connectivity index (χ0n) is 16.4. The standard InChI is InChI=1S/C22H25N3O3S.H2/c1-17(25-16-11-18-7-5-6-10-21(18)25)22(26)24-14-12-20(13-15-24)29(27,28)23-19-8-3-2-4-9-19;/h2-11,16-17,20,23H,12-15H2,1H3;1H. The highest BCUT2D eigenvalue weighted by Crippen LogP contribution is 2.25. The molecule has 1 aliphatic rings. The van der Waals surface area contributed by atoms with Crippen molar-refractivity contribution in [1.82, 2.24) is 9.47 Å². The summed E-state index contributed by atoms with van der Waals surface area (Å²) in [5, 5.41) is 0.610. The molecule has 1 saturated heterocycles. The smallest absolute Gasteiger partial charge is 0.245 e. The number of nitrogens with one attached hydrogen (secondary N) is 1. The van der Waals surface area contributed by atoms with Gasteiger partial charge < -0.3 is 9.47 Å². The van der Waals surface area contributed by atoms with Crippen LogP contribution in [0, 0.1) is 0 Å². The van der Waals surface area contributed by atoms with Gasteiger partial charge in [0.1, 0.15) is 6.04 Å². The van der Waals surface area contributed by atoms with Crippen LogP contribution in [0.2, 0.25) is 0 Å². The average molecular weight is 414 g/mol. The molecule has 0 saturated carbocycles. The Kier molecular flexibility index (Phi) is 5.32. The largest absolute Gasteiger partial charge is 0.341 e. The lowest BCUT2D eigenvalue weighted by molar-refractivity contribution is -0.135. The zero-order chi connectivity index (χ0) is 20.4. The Morgan fingerprint density at radius 1 is 1.03 bits per heavy atom. The van der Waals surface area contributed by atoms with Gasteiger partial charge in [-0.1, -0.05) is 36.4 Å². The monoisotopic (exact) mass is 413 g/mol. The molecule has 4 rings (SSSR count). The van der Waals surface area contributed by atoms with E-state index >= 15 is 0 Å². The van der Waals surface area contributed by atoms with Crippen molar-refractivity contribution in [2.24, 2.45) is 0 Å². The third-order valence-electron chi connectivity index (χ3n) is 5.63. The lowest BCUT2D eigenvalue weighted by Gasteiger charge is -2.33. The van der Waals surface area contributed by atoms with Crippen molar-refractivity contribution in [2.75, 3.05) is 17.8 Å². The number of benzene rings is 2. The topological polar surface area (TPSA) is 71.4 Å². The van der Waals surface area contributed by atoms with Gasteiger partial charge >= 0.3 is 0 Å². The number of likely N-dealkylation sites (tertiary alicyclic amines) is 1. The Labute approximate surface area is 172 Å². The summed E-state index contributed by atoms with van der Waals surface area (Å²) in [5.41, 5.74) is 1.59. The summed E-state index contributed by atoms with van der Waals surface area (Å²) in [6.45, 7) is 2.79. The Hall–Kier alpha value is -2.80. The average Bonchev–Trinajstić information content (AvgIpc) is 3.17. The van der Waals surface area contributed by atoms with E-state index in [-0.39, 0.29) is 13.4 Å². The van der Waals surface area contributed by atoms with E-state index < -0.39 is 15.3 Å². The highest BCUT2D eigenvalue weighted by Gasteiger charge is 2.33. The summed E-state index contributed by atoms with van der Waals surface area (Å²) < 4.78 is 30.0. The lowest BCUT2D eigenvalue weighted by Crippen LogP contribution is -2.45. The molecule has 0 aliphatic carbocycles. The highest BCUT2D eigenvalue weighted by molar-refractivity contribution is 7.93. The van der Waals surface area contributed by atoms with Crippen LogP contribution in [-0.2, 0) is 14.8 Å². The van der Waals surface area contributed by atoms with Crippen LogP contribution in [0.15, 0.2) is 66.9 Å². The number of rotatable bonds is 5. The molecular weight excluding hydrogens is 386 g/mol. The molecule has 1 amide bonds. The first-order chi connectivity index (χ1) is 14.0. The number of nitrogens with zero attached hydrogens (tertiary/aromatic N) is 2. The van der Waals surface area contributed by atoms with Crippen LogP contribution in [0.5, 0.6) is 0 Å². The van der Waals surface area contributed by atoms with Gasteiger partial charge in [-0.2, -0.15) is 0 Å². The van der Waals surface area contributed by atoms with E-state index in [1.807, 2.05) is 54.1 Å². The SMILES string of the molecule is CC(C(=O)N1CCC(S(=O)(=O)Nc2ccccc2)CC1)n1ccc2ccccc21.[HH]. The van der Waals surface area contributed by atoms with Gasteiger partial charge in [-0.3, -0.25) is 9.52 Å². The van der Waals surface area contributed by atoms with E-state index in [4.69, 9.17) is 0 Å². The van der Waals surface area contributed by atoms with Gasteiger partial charge in [0.2, 0.25) is 15.9 Å². The fraction of sp³-hybridized carbons (Fsp3) is 0.318. The van der Waals surface area contributed by atoms with Gasteiger partial charge in [0.25, 0.3) is 0 Å². The number of amides is 1. The van der Waals surface area contributed by atoms with Crippen LogP contribution < -0.4 is 4.72 Å². The quantitative estimate of drug-likeness (QED) is 0.690. The normalized spacial score (nSPS) is 16.7. The fourth-order valence-corrected chi connectivity index (χ4v) is 5.43. The minimum atomic E-state index is -3.47. The zero-order valence-corrected chi connectivity index (χ0v) is 17.2. The maximum Gasteiger partial charge on any atom is 0.245 e. The second-order valence-electron chi connectivity index (χ2n) is 7.50. The third kappa shape index (κ3) is 4.00. The molecule has 1 aliphatic heterocycles. The van der Waals surface area contributed by atoms with Gasteiger partial charge in [-0.25, -0.2) is 8.42 Å². The molecule has 0 spiro atoms. The van der Waals surface area contributed by atoms with Gasteiger partial charge in [-0.05, 0) is 49.4 Å². The highest BCUT2D eigenvalue weighted by atomic mass is 32.2. The molecule has 29 heavy (non-hydrogen) atoms. The Morgan fingerprint density at radius 3 is 2.41 bits per heavy atom. The fourth-order valence-electron chi connectivity index (χ4n) is 3.97. The lowest BCUT2D eigenvalue weighted by atomic mass is 10.1. The first-order valence-corrected chi connectivity index (χ1v) is 11.4. The maximum atomic E-state index is 13.0. The summed E-state index contributed by atoms with van der Waals surface area (Å²) in [6.07, 6.45) is 2.81. The molecule has 7 heteroatoms. The van der Waals surface area contributed by atoms with Crippen molar-refractivity contribution >= 4 is 32.5 Å². The second-order valence-corrected chi connectivity index (χ2v) is 9.46. The molecule has 3 aromatic rings. The number of piperidine rings is 1. The molecule has 1 unspecified atom stereocenters. The predicted molar refractivity (Wildman–Crippen MR) is 117 cm³/mol. The van der Waals surface area contributed by atoms with E-state index in [9.17, 15) is 13.2 Å². The first-order valence-electron chi connectivity index (χ1n) is 9.87. The van der Waals surface area contributed by atoms with Crippen molar-refractivity contribution in [3.63, 3.8) is 0 Å². The maximum absolute atomic E-state index is 13.0. The summed E-state index contributed by atoms with van der Waals surface area (Å²) in [5.74, 6) is 0.0261. The Balaban J connectivity index is 0.00000256. The molecule has 1 fully saturated rings. The minimum Gasteiger partial charge on any atom is -0.341 e. The molecule has 154 valence electrons. The number of fused-ring (bicyclic) bond motifs is 1. The Bertz CT molecular complexity index is 1110. The third-order valence-corrected chi connectivity index (χ3v) is 7.50. The summed E-state index contributed by atoms with van der Waals surface area (Å²) >= 11 is 0. The number of carbonyl (C=O) groups excluding carboxylic acids is 1. The number of sulfonamides is 1. The number of para-hydroxylation sites is 2. The molecule has 0 radical (unpaired) electrons. The molecule has 1 atom stereocenters. The molecule has 1 N–H and O–H groups in total. The Morgan fingerprint density at radius 2 is 1.69 bits per heavy atom. The predicted octanol–water partition coefficient (Wildman–Crippen LogP) is 3.88. The van der Waals surface area contributed by atoms with E-state index in [1.165, 1.54) is 0 Å². The minimum absolute atomic E-state index is 0. The second kappa shape index (κ2) is 7.91. The van der Waals surface area contributed by atoms with Crippen LogP contribution in [0.25, 0.3) is 10.9 Å². The number of carbonyl (C=O) groups is 1. The molecule has 0 bridgehead atoms. The molecule has 2 aromatic carbocycles. The van der Waals surface area contributed by atoms with Crippen molar-refractivity contribution in [3.8, 4) is 0 Å². The van der Waals surface area contributed by atoms with Crippen LogP contribution in [-0.4, -0.2) is 42.1 Å². The van der Waals surface area contributed by atoms with Gasteiger partial charge in [0.05, 0.1) is 5.25 Å². The number of hydrogen-bond acceptors (Lipinski definition) is 3. The van der Waals surface area contributed by atoms with Crippen molar-refractivity contribution < 1.29 is 14.6 Å². The van der Waals surface area contributed by atoms with Gasteiger partial charge in [0.15, 0.2) is 0 Å². The molecule has 1 aromatic heterocycles. The summed E-state index contributed by atoms with van der Waals surface area (Å²) in [6, 6.07) is 18.6. The van der Waals surface area contributed by atoms with Gasteiger partial charge in [-0.15, -0.1) is 0 Å². The molecule has 2 heterocycles. The van der Waals surface area contributed by atoms with E-state index in [2.05, 4.69) is 4.72 Å².